The van der Waals surface area contributed by atoms with Crippen LogP contribution in [0.5, 0.6) is 0 Å². The van der Waals surface area contributed by atoms with E-state index in [-0.39, 0.29) is 5.41 Å². The molecule has 1 heteroatoms. The number of aliphatic hydroxyl groups is 1. The summed E-state index contributed by atoms with van der Waals surface area (Å²) in [6.45, 7) is 12.2. The average Bonchev–Trinajstić information content (AvgIpc) is 2.32. The number of fused-ring (bicyclic) bond motifs is 1. The number of allylic oxidation sites excluding steroid dienone is 2. The predicted octanol–water partition coefficient (Wildman–Crippen LogP) is 3.63. The molecule has 0 saturated heterocycles. The third kappa shape index (κ3) is 1.48. The van der Waals surface area contributed by atoms with Crippen LogP contribution in [-0.4, -0.2) is 11.7 Å². The molecule has 0 aromatic carbocycles. The van der Waals surface area contributed by atoms with Gasteiger partial charge in [0.2, 0.25) is 0 Å². The standard InChI is InChI=1S/C15H26O/c1-13(2)7-6-8-15(5)9-11(10-16)14(3,4)12(13)15/h6,8,11-12,16H,7,9-10H2,1-5H3. The largest absolute Gasteiger partial charge is 0.396 e. The molecule has 3 atom stereocenters. The molecule has 1 N–H and O–H groups in total. The van der Waals surface area contributed by atoms with E-state index in [1.54, 1.807) is 0 Å². The van der Waals surface area contributed by atoms with Crippen molar-refractivity contribution in [3.63, 3.8) is 0 Å². The lowest BCUT2D eigenvalue weighted by molar-refractivity contribution is 0.0128. The summed E-state index contributed by atoms with van der Waals surface area (Å²) in [7, 11) is 0. The summed E-state index contributed by atoms with van der Waals surface area (Å²) in [5.41, 5.74) is 0.896. The van der Waals surface area contributed by atoms with Crippen molar-refractivity contribution in [1.82, 2.24) is 0 Å². The van der Waals surface area contributed by atoms with Gasteiger partial charge in [0.1, 0.15) is 0 Å². The highest BCUT2D eigenvalue weighted by Crippen LogP contribution is 2.65. The Balaban J connectivity index is 2.47. The Labute approximate surface area is 99.9 Å². The Morgan fingerprint density at radius 3 is 2.31 bits per heavy atom. The van der Waals surface area contributed by atoms with E-state index in [1.165, 1.54) is 6.42 Å². The van der Waals surface area contributed by atoms with Gasteiger partial charge in [-0.3, -0.25) is 0 Å². The third-order valence-electron chi connectivity index (χ3n) is 5.29. The second-order valence-electron chi connectivity index (χ2n) is 7.44. The maximum atomic E-state index is 9.61. The average molecular weight is 222 g/mol. The van der Waals surface area contributed by atoms with Crippen molar-refractivity contribution in [3.8, 4) is 0 Å². The molecule has 0 aromatic heterocycles. The molecule has 0 amide bonds. The van der Waals surface area contributed by atoms with Crippen molar-refractivity contribution < 1.29 is 5.11 Å². The summed E-state index contributed by atoms with van der Waals surface area (Å²) in [6, 6.07) is 0. The molecule has 16 heavy (non-hydrogen) atoms. The molecule has 2 rings (SSSR count). The molecule has 2 aliphatic rings. The molecular formula is C15H26O. The molecule has 0 heterocycles. The number of rotatable bonds is 1. The topological polar surface area (TPSA) is 20.2 Å². The Kier molecular flexibility index (Phi) is 2.55. The van der Waals surface area contributed by atoms with E-state index in [4.69, 9.17) is 0 Å². The first kappa shape index (κ1) is 12.2. The molecule has 0 aromatic rings. The van der Waals surface area contributed by atoms with Crippen LogP contribution in [0.1, 0.15) is 47.5 Å². The van der Waals surface area contributed by atoms with E-state index in [2.05, 4.69) is 46.8 Å². The van der Waals surface area contributed by atoms with E-state index in [9.17, 15) is 5.11 Å². The minimum atomic E-state index is 0.248. The second-order valence-corrected chi connectivity index (χ2v) is 7.44. The minimum absolute atomic E-state index is 0.248. The first-order valence-corrected chi connectivity index (χ1v) is 6.52. The fourth-order valence-electron chi connectivity index (χ4n) is 5.11. The monoisotopic (exact) mass is 222 g/mol. The SMILES string of the molecule is CC1(C)CC=CC2(C)CC(CO)C(C)(C)C12. The second kappa shape index (κ2) is 3.35. The molecule has 1 fully saturated rings. The first-order valence-electron chi connectivity index (χ1n) is 6.52. The highest BCUT2D eigenvalue weighted by atomic mass is 16.3. The fourth-order valence-corrected chi connectivity index (χ4v) is 5.11. The van der Waals surface area contributed by atoms with Crippen molar-refractivity contribution in [2.24, 2.45) is 28.1 Å². The molecule has 0 bridgehead atoms. The summed E-state index contributed by atoms with van der Waals surface area (Å²) in [4.78, 5) is 0. The van der Waals surface area contributed by atoms with Crippen molar-refractivity contribution >= 4 is 0 Å². The maximum Gasteiger partial charge on any atom is 0.0464 e. The van der Waals surface area contributed by atoms with E-state index >= 15 is 0 Å². The van der Waals surface area contributed by atoms with Crippen molar-refractivity contribution in [2.75, 3.05) is 6.61 Å². The molecule has 1 saturated carbocycles. The third-order valence-corrected chi connectivity index (χ3v) is 5.29. The van der Waals surface area contributed by atoms with Crippen LogP contribution in [0.25, 0.3) is 0 Å². The molecule has 1 nitrogen and oxygen atoms in total. The van der Waals surface area contributed by atoms with Gasteiger partial charge in [0.05, 0.1) is 0 Å². The lowest BCUT2D eigenvalue weighted by Crippen LogP contribution is -2.43. The lowest BCUT2D eigenvalue weighted by atomic mass is 9.55. The number of hydrogen-bond acceptors (Lipinski definition) is 1. The van der Waals surface area contributed by atoms with Crippen molar-refractivity contribution in [1.29, 1.82) is 0 Å². The maximum absolute atomic E-state index is 9.61. The summed E-state index contributed by atoms with van der Waals surface area (Å²) >= 11 is 0. The van der Waals surface area contributed by atoms with Crippen LogP contribution in [0.2, 0.25) is 0 Å². The van der Waals surface area contributed by atoms with E-state index in [0.29, 0.717) is 29.3 Å². The zero-order valence-electron chi connectivity index (χ0n) is 11.4. The highest BCUT2D eigenvalue weighted by Gasteiger charge is 2.59. The zero-order valence-corrected chi connectivity index (χ0v) is 11.4. The Morgan fingerprint density at radius 1 is 1.19 bits per heavy atom. The van der Waals surface area contributed by atoms with Crippen molar-refractivity contribution in [2.45, 2.75) is 47.5 Å². The first-order chi connectivity index (χ1) is 7.24. The van der Waals surface area contributed by atoms with Gasteiger partial charge in [0.15, 0.2) is 0 Å². The predicted molar refractivity (Wildman–Crippen MR) is 68.1 cm³/mol. The number of aliphatic hydroxyl groups excluding tert-OH is 1. The van der Waals surface area contributed by atoms with Gasteiger partial charge in [0.25, 0.3) is 0 Å². The summed E-state index contributed by atoms with van der Waals surface area (Å²) in [6.07, 6.45) is 7.09. The quantitative estimate of drug-likeness (QED) is 0.672. The van der Waals surface area contributed by atoms with Gasteiger partial charge in [0, 0.05) is 6.61 Å². The van der Waals surface area contributed by atoms with Gasteiger partial charge in [-0.1, -0.05) is 46.8 Å². The molecule has 0 radical (unpaired) electrons. The van der Waals surface area contributed by atoms with Crippen LogP contribution >= 0.6 is 0 Å². The van der Waals surface area contributed by atoms with Gasteiger partial charge in [-0.2, -0.15) is 0 Å². The van der Waals surface area contributed by atoms with Crippen LogP contribution in [0.4, 0.5) is 0 Å². The fraction of sp³-hybridized carbons (Fsp3) is 0.867. The van der Waals surface area contributed by atoms with Crippen LogP contribution in [0.3, 0.4) is 0 Å². The van der Waals surface area contributed by atoms with E-state index in [0.717, 1.165) is 6.42 Å². The lowest BCUT2D eigenvalue weighted by Gasteiger charge is -2.50. The minimum Gasteiger partial charge on any atom is -0.396 e. The summed E-state index contributed by atoms with van der Waals surface area (Å²) in [5.74, 6) is 1.12. The van der Waals surface area contributed by atoms with Crippen LogP contribution in [-0.2, 0) is 0 Å². The van der Waals surface area contributed by atoms with Gasteiger partial charge in [-0.25, -0.2) is 0 Å². The summed E-state index contributed by atoms with van der Waals surface area (Å²) in [5, 5.41) is 9.61. The van der Waals surface area contributed by atoms with Crippen LogP contribution in [0.15, 0.2) is 12.2 Å². The smallest absolute Gasteiger partial charge is 0.0464 e. The number of hydrogen-bond donors (Lipinski definition) is 1. The van der Waals surface area contributed by atoms with Crippen molar-refractivity contribution in [3.05, 3.63) is 12.2 Å². The highest BCUT2D eigenvalue weighted by molar-refractivity contribution is 5.19. The van der Waals surface area contributed by atoms with Gasteiger partial charge in [-0.15, -0.1) is 0 Å². The molecule has 0 spiro atoms. The molecular weight excluding hydrogens is 196 g/mol. The molecule has 3 unspecified atom stereocenters. The van der Waals surface area contributed by atoms with Crippen LogP contribution in [0, 0.1) is 28.1 Å². The van der Waals surface area contributed by atoms with Gasteiger partial charge >= 0.3 is 0 Å². The van der Waals surface area contributed by atoms with Gasteiger partial charge < -0.3 is 5.11 Å². The normalized spacial score (nSPS) is 44.4. The zero-order chi connectivity index (χ0) is 12.2. The molecule has 0 aliphatic heterocycles. The Morgan fingerprint density at radius 2 is 1.81 bits per heavy atom. The summed E-state index contributed by atoms with van der Waals surface area (Å²) < 4.78 is 0. The van der Waals surface area contributed by atoms with E-state index < -0.39 is 0 Å². The van der Waals surface area contributed by atoms with E-state index in [1.807, 2.05) is 0 Å². The Bertz CT molecular complexity index is 313. The Hall–Kier alpha value is -0.300. The van der Waals surface area contributed by atoms with Gasteiger partial charge in [-0.05, 0) is 40.9 Å². The molecule has 2 aliphatic carbocycles. The van der Waals surface area contributed by atoms with Crippen LogP contribution < -0.4 is 0 Å². The molecule has 92 valence electrons.